The van der Waals surface area contributed by atoms with E-state index in [1.54, 1.807) is 13.8 Å². The normalized spacial score (nSPS) is 15.1. The number of carboxylic acid groups (broad SMARTS) is 1. The third-order valence-electron chi connectivity index (χ3n) is 4.18. The summed E-state index contributed by atoms with van der Waals surface area (Å²) in [5.74, 6) is -3.59. The van der Waals surface area contributed by atoms with E-state index in [1.165, 1.54) is 19.4 Å². The largest absolute Gasteiger partial charge is 0.480 e. The van der Waals surface area contributed by atoms with Crippen LogP contribution in [0.2, 0.25) is 0 Å². The maximum absolute atomic E-state index is 12.3. The number of carboxylic acids is 1. The fourth-order valence-electron chi connectivity index (χ4n) is 2.26. The van der Waals surface area contributed by atoms with Crippen LogP contribution in [0.5, 0.6) is 0 Å². The molecule has 1 heterocycles. The number of aromatic nitrogens is 2. The van der Waals surface area contributed by atoms with E-state index < -0.39 is 54.5 Å². The summed E-state index contributed by atoms with van der Waals surface area (Å²) < 4.78 is 0. The van der Waals surface area contributed by atoms with Gasteiger partial charge in [0.15, 0.2) is 0 Å². The smallest absolute Gasteiger partial charge is 0.326 e. The monoisotopic (exact) mass is 412 g/mol. The molecule has 4 atom stereocenters. The Labute approximate surface area is 167 Å². The first kappa shape index (κ1) is 24.0. The van der Waals surface area contributed by atoms with Crippen molar-refractivity contribution >= 4 is 23.7 Å². The summed E-state index contributed by atoms with van der Waals surface area (Å²) in [6.07, 6.45) is 2.79. The molecule has 162 valence electrons. The van der Waals surface area contributed by atoms with Gasteiger partial charge < -0.3 is 36.9 Å². The minimum Gasteiger partial charge on any atom is -0.480 e. The number of nitrogens with one attached hydrogen (secondary N) is 4. The van der Waals surface area contributed by atoms with Crippen molar-refractivity contribution in [2.45, 2.75) is 51.4 Å². The second kappa shape index (κ2) is 11.1. The van der Waals surface area contributed by atoms with Crippen molar-refractivity contribution in [3.8, 4) is 0 Å². The predicted octanol–water partition coefficient (Wildman–Crippen LogP) is -2.51. The average Bonchev–Trinajstić information content (AvgIpc) is 3.17. The summed E-state index contributed by atoms with van der Waals surface area (Å²) in [4.78, 5) is 54.4. The molecule has 1 rings (SSSR count). The maximum atomic E-state index is 12.3. The Morgan fingerprint density at radius 2 is 1.69 bits per heavy atom. The molecule has 8 N–H and O–H groups in total. The quantitative estimate of drug-likeness (QED) is 0.206. The Kier molecular flexibility index (Phi) is 9.22. The van der Waals surface area contributed by atoms with Crippen LogP contribution < -0.4 is 21.7 Å². The fourth-order valence-corrected chi connectivity index (χ4v) is 2.26. The van der Waals surface area contributed by atoms with Gasteiger partial charge in [-0.25, -0.2) is 9.78 Å². The molecule has 1 aromatic rings. The van der Waals surface area contributed by atoms with Gasteiger partial charge in [-0.15, -0.1) is 0 Å². The Balaban J connectivity index is 2.65. The number of hydrogen-bond acceptors (Lipinski definition) is 7. The summed E-state index contributed by atoms with van der Waals surface area (Å²) in [5.41, 5.74) is 6.21. The number of H-pyrrole nitrogens is 1. The van der Waals surface area contributed by atoms with Gasteiger partial charge in [0.25, 0.3) is 0 Å². The highest BCUT2D eigenvalue weighted by Crippen LogP contribution is 2.01. The lowest BCUT2D eigenvalue weighted by atomic mass is 10.0. The first-order valence-corrected chi connectivity index (χ1v) is 9.04. The lowest BCUT2D eigenvalue weighted by molar-refractivity contribution is -0.142. The molecule has 4 unspecified atom stereocenters. The molecule has 0 radical (unpaired) electrons. The van der Waals surface area contributed by atoms with Crippen LogP contribution in [0.4, 0.5) is 0 Å². The lowest BCUT2D eigenvalue weighted by Gasteiger charge is -2.23. The highest BCUT2D eigenvalue weighted by atomic mass is 16.4. The molecule has 0 aliphatic carbocycles. The minimum atomic E-state index is -1.30. The number of nitrogens with zero attached hydrogens (tertiary/aromatic N) is 1. The van der Waals surface area contributed by atoms with E-state index in [0.29, 0.717) is 5.69 Å². The molecule has 12 nitrogen and oxygen atoms in total. The Bertz CT molecular complexity index is 707. The van der Waals surface area contributed by atoms with Crippen LogP contribution in [-0.4, -0.2) is 74.6 Å². The van der Waals surface area contributed by atoms with Crippen molar-refractivity contribution in [2.75, 3.05) is 6.61 Å². The molecule has 1 aromatic heterocycles. The van der Waals surface area contributed by atoms with Gasteiger partial charge in [-0.1, -0.05) is 13.8 Å². The zero-order chi connectivity index (χ0) is 22.1. The molecule has 3 amide bonds. The van der Waals surface area contributed by atoms with Crippen molar-refractivity contribution in [1.82, 2.24) is 25.9 Å². The number of amides is 3. The maximum Gasteiger partial charge on any atom is 0.326 e. The number of aliphatic carboxylic acids is 1. The van der Waals surface area contributed by atoms with E-state index >= 15 is 0 Å². The number of carbonyl (C=O) groups excluding carboxylic acids is 3. The van der Waals surface area contributed by atoms with Crippen molar-refractivity contribution < 1.29 is 29.4 Å². The summed E-state index contributed by atoms with van der Waals surface area (Å²) in [6.45, 7) is 4.10. The van der Waals surface area contributed by atoms with Crippen LogP contribution in [0.3, 0.4) is 0 Å². The molecular formula is C17H28N6O6. The molecule has 0 aliphatic rings. The van der Waals surface area contributed by atoms with E-state index in [4.69, 9.17) is 5.73 Å². The van der Waals surface area contributed by atoms with E-state index in [9.17, 15) is 29.4 Å². The van der Waals surface area contributed by atoms with Crippen molar-refractivity contribution in [3.05, 3.63) is 18.2 Å². The van der Waals surface area contributed by atoms with Crippen molar-refractivity contribution in [1.29, 1.82) is 0 Å². The van der Waals surface area contributed by atoms with Crippen LogP contribution in [-0.2, 0) is 25.6 Å². The third kappa shape index (κ3) is 7.50. The predicted molar refractivity (Wildman–Crippen MR) is 101 cm³/mol. The molecular weight excluding hydrogens is 384 g/mol. The van der Waals surface area contributed by atoms with E-state index in [2.05, 4.69) is 25.9 Å². The summed E-state index contributed by atoms with van der Waals surface area (Å²) in [5, 5.41) is 25.6. The molecule has 0 saturated carbocycles. The number of rotatable bonds is 11. The van der Waals surface area contributed by atoms with Gasteiger partial charge in [0.05, 0.1) is 19.0 Å². The van der Waals surface area contributed by atoms with Gasteiger partial charge in [-0.3, -0.25) is 14.4 Å². The molecule has 0 fully saturated rings. The summed E-state index contributed by atoms with van der Waals surface area (Å²) >= 11 is 0. The number of aliphatic hydroxyl groups is 1. The molecule has 0 spiro atoms. The molecule has 0 bridgehead atoms. The Morgan fingerprint density at radius 1 is 1.07 bits per heavy atom. The minimum absolute atomic E-state index is 0.0237. The SMILES string of the molecule is CC(NC(=O)C(CO)NC(=O)C(N)C(C)C)C(=O)NC(Cc1cnc[nH]1)C(=O)O. The highest BCUT2D eigenvalue weighted by Gasteiger charge is 2.28. The van der Waals surface area contributed by atoms with Crippen molar-refractivity contribution in [3.63, 3.8) is 0 Å². The van der Waals surface area contributed by atoms with Crippen molar-refractivity contribution in [2.24, 2.45) is 11.7 Å². The van der Waals surface area contributed by atoms with Crippen LogP contribution in [0.25, 0.3) is 0 Å². The molecule has 12 heteroatoms. The number of aromatic amines is 1. The highest BCUT2D eigenvalue weighted by molar-refractivity contribution is 5.94. The number of hydrogen-bond donors (Lipinski definition) is 7. The number of nitrogens with two attached hydrogens (primary N) is 1. The first-order valence-electron chi connectivity index (χ1n) is 9.04. The Hall–Kier alpha value is -2.99. The van der Waals surface area contributed by atoms with Gasteiger partial charge in [0.1, 0.15) is 18.1 Å². The number of aliphatic hydroxyl groups excluding tert-OH is 1. The van der Waals surface area contributed by atoms with Gasteiger partial charge in [0, 0.05) is 18.3 Å². The molecule has 29 heavy (non-hydrogen) atoms. The third-order valence-corrected chi connectivity index (χ3v) is 4.18. The van der Waals surface area contributed by atoms with Crippen LogP contribution in [0, 0.1) is 5.92 Å². The van der Waals surface area contributed by atoms with E-state index in [1.807, 2.05) is 0 Å². The van der Waals surface area contributed by atoms with Gasteiger partial charge in [-0.2, -0.15) is 0 Å². The van der Waals surface area contributed by atoms with Crippen LogP contribution >= 0.6 is 0 Å². The van der Waals surface area contributed by atoms with Gasteiger partial charge in [0.2, 0.25) is 17.7 Å². The van der Waals surface area contributed by atoms with Gasteiger partial charge in [-0.05, 0) is 12.8 Å². The summed E-state index contributed by atoms with van der Waals surface area (Å²) in [7, 11) is 0. The van der Waals surface area contributed by atoms with E-state index in [-0.39, 0.29) is 12.3 Å². The average molecular weight is 412 g/mol. The molecule has 0 saturated heterocycles. The second-order valence-corrected chi connectivity index (χ2v) is 6.92. The van der Waals surface area contributed by atoms with E-state index in [0.717, 1.165) is 0 Å². The fraction of sp³-hybridized carbons (Fsp3) is 0.588. The first-order chi connectivity index (χ1) is 13.6. The lowest BCUT2D eigenvalue weighted by Crippen LogP contribution is -2.58. The standard InChI is InChI=1S/C17H28N6O6/c1-8(2)13(18)16(27)23-12(6-24)15(26)21-9(3)14(25)22-11(17(28)29)4-10-5-19-7-20-10/h5,7-9,11-13,24H,4,6,18H2,1-3H3,(H,19,20)(H,21,26)(H,22,25)(H,23,27)(H,28,29). The zero-order valence-corrected chi connectivity index (χ0v) is 16.5. The molecule has 0 aliphatic heterocycles. The topological polar surface area (TPSA) is 200 Å². The Morgan fingerprint density at radius 3 is 2.17 bits per heavy atom. The summed E-state index contributed by atoms with van der Waals surface area (Å²) in [6, 6.07) is -4.52. The molecule has 0 aromatic carbocycles. The second-order valence-electron chi connectivity index (χ2n) is 6.92. The van der Waals surface area contributed by atoms with Gasteiger partial charge >= 0.3 is 5.97 Å². The van der Waals surface area contributed by atoms with Crippen LogP contribution in [0.15, 0.2) is 12.5 Å². The number of imidazole rings is 1. The number of carbonyl (C=O) groups is 4. The zero-order valence-electron chi connectivity index (χ0n) is 16.5. The van der Waals surface area contributed by atoms with Crippen LogP contribution in [0.1, 0.15) is 26.5 Å².